The van der Waals surface area contributed by atoms with Crippen LogP contribution < -0.4 is 0 Å². The van der Waals surface area contributed by atoms with E-state index in [1.807, 2.05) is 30.3 Å². The van der Waals surface area contributed by atoms with Crippen LogP contribution in [0.15, 0.2) is 53.4 Å². The predicted octanol–water partition coefficient (Wildman–Crippen LogP) is 3.00. The summed E-state index contributed by atoms with van der Waals surface area (Å²) in [5, 5.41) is 0. The molecule has 0 unspecified atom stereocenters. The van der Waals surface area contributed by atoms with E-state index in [-0.39, 0.29) is 26.2 Å². The van der Waals surface area contributed by atoms with Crippen molar-refractivity contribution in [1.29, 1.82) is 0 Å². The lowest BCUT2D eigenvalue weighted by molar-refractivity contribution is 0.0980. The summed E-state index contributed by atoms with van der Waals surface area (Å²) in [4.78, 5) is 12.7. The lowest BCUT2D eigenvalue weighted by atomic mass is 10.2. The van der Waals surface area contributed by atoms with Crippen LogP contribution in [0, 0.1) is 11.6 Å². The molecule has 28 heavy (non-hydrogen) atoms. The molecule has 1 heterocycles. The summed E-state index contributed by atoms with van der Waals surface area (Å²) in [5.41, 5.74) is 0.838. The molecule has 0 bridgehead atoms. The van der Waals surface area contributed by atoms with Crippen LogP contribution in [-0.4, -0.2) is 49.9 Å². The van der Waals surface area contributed by atoms with Gasteiger partial charge in [-0.15, -0.1) is 0 Å². The van der Waals surface area contributed by atoms with Crippen molar-refractivity contribution in [2.24, 2.45) is 0 Å². The first-order valence-electron chi connectivity index (χ1n) is 8.79. The molecule has 1 fully saturated rings. The summed E-state index contributed by atoms with van der Waals surface area (Å²) in [6, 6.07) is 12.1. The normalized spacial score (nSPS) is 15.9. The standard InChI is InChI=1S/C19H20F2N2O4S/c20-16-8-4-9-17(21)18(16)28(25,26)23-11-5-10-22(12-13-23)19(24)27-14-15-6-2-1-3-7-15/h1-4,6-9H,5,10-14H2. The number of carbonyl (C=O) groups excluding carboxylic acids is 1. The van der Waals surface area contributed by atoms with Gasteiger partial charge in [0.15, 0.2) is 4.90 Å². The minimum absolute atomic E-state index is 0.0541. The first-order chi connectivity index (χ1) is 13.4. The van der Waals surface area contributed by atoms with Gasteiger partial charge in [-0.2, -0.15) is 4.31 Å². The predicted molar refractivity (Wildman–Crippen MR) is 97.9 cm³/mol. The fourth-order valence-electron chi connectivity index (χ4n) is 2.99. The Labute approximate surface area is 162 Å². The summed E-state index contributed by atoms with van der Waals surface area (Å²) in [6.45, 7) is 0.454. The zero-order chi connectivity index (χ0) is 20.1. The highest BCUT2D eigenvalue weighted by atomic mass is 32.2. The molecule has 150 valence electrons. The summed E-state index contributed by atoms with van der Waals surface area (Å²) >= 11 is 0. The fraction of sp³-hybridized carbons (Fsp3) is 0.316. The van der Waals surface area contributed by atoms with Crippen molar-refractivity contribution in [2.75, 3.05) is 26.2 Å². The number of ether oxygens (including phenoxy) is 1. The van der Waals surface area contributed by atoms with Crippen molar-refractivity contribution >= 4 is 16.1 Å². The Morgan fingerprint density at radius 3 is 2.29 bits per heavy atom. The summed E-state index contributed by atoms with van der Waals surface area (Å²) < 4.78 is 59.5. The summed E-state index contributed by atoms with van der Waals surface area (Å²) in [5.74, 6) is -2.27. The Bertz CT molecular complexity index is 918. The average molecular weight is 410 g/mol. The van der Waals surface area contributed by atoms with Crippen LogP contribution >= 0.6 is 0 Å². The van der Waals surface area contributed by atoms with E-state index in [0.717, 1.165) is 28.1 Å². The van der Waals surface area contributed by atoms with E-state index < -0.39 is 32.6 Å². The van der Waals surface area contributed by atoms with E-state index in [0.29, 0.717) is 13.0 Å². The molecule has 0 N–H and O–H groups in total. The summed E-state index contributed by atoms with van der Waals surface area (Å²) in [7, 11) is -4.35. The Morgan fingerprint density at radius 2 is 1.61 bits per heavy atom. The van der Waals surface area contributed by atoms with E-state index in [4.69, 9.17) is 4.74 Å². The van der Waals surface area contributed by atoms with Gasteiger partial charge in [0, 0.05) is 26.2 Å². The molecule has 0 radical (unpaired) electrons. The van der Waals surface area contributed by atoms with Gasteiger partial charge in [0.05, 0.1) is 0 Å². The van der Waals surface area contributed by atoms with Crippen molar-refractivity contribution in [3.8, 4) is 0 Å². The van der Waals surface area contributed by atoms with Gasteiger partial charge in [-0.25, -0.2) is 22.0 Å². The second-order valence-corrected chi connectivity index (χ2v) is 8.21. The van der Waals surface area contributed by atoms with Crippen LogP contribution in [-0.2, 0) is 21.4 Å². The molecule has 3 rings (SSSR count). The second-order valence-electron chi connectivity index (χ2n) is 6.34. The van der Waals surface area contributed by atoms with Gasteiger partial charge in [0.2, 0.25) is 10.0 Å². The van der Waals surface area contributed by atoms with E-state index >= 15 is 0 Å². The number of rotatable bonds is 4. The molecule has 1 aliphatic rings. The maximum absolute atomic E-state index is 13.9. The van der Waals surface area contributed by atoms with Gasteiger partial charge in [-0.1, -0.05) is 36.4 Å². The number of amides is 1. The maximum atomic E-state index is 13.9. The van der Waals surface area contributed by atoms with Crippen LogP contribution in [0.2, 0.25) is 0 Å². The van der Waals surface area contributed by atoms with Crippen molar-refractivity contribution in [1.82, 2.24) is 9.21 Å². The van der Waals surface area contributed by atoms with Crippen molar-refractivity contribution in [3.05, 3.63) is 65.7 Å². The monoisotopic (exact) mass is 410 g/mol. The number of carbonyl (C=O) groups is 1. The SMILES string of the molecule is O=C(OCc1ccccc1)N1CCCN(S(=O)(=O)c2c(F)cccc2F)CC1. The van der Waals surface area contributed by atoms with Crippen molar-refractivity contribution in [2.45, 2.75) is 17.9 Å². The van der Waals surface area contributed by atoms with Gasteiger partial charge in [0.1, 0.15) is 18.2 Å². The Balaban J connectivity index is 1.65. The topological polar surface area (TPSA) is 66.9 Å². The number of benzene rings is 2. The first-order valence-corrected chi connectivity index (χ1v) is 10.2. The molecular formula is C19H20F2N2O4S. The third kappa shape index (κ3) is 4.48. The third-order valence-corrected chi connectivity index (χ3v) is 6.39. The molecule has 6 nitrogen and oxygen atoms in total. The van der Waals surface area contributed by atoms with Crippen LogP contribution in [0.3, 0.4) is 0 Å². The van der Waals surface area contributed by atoms with Gasteiger partial charge in [-0.3, -0.25) is 0 Å². The number of nitrogens with zero attached hydrogens (tertiary/aromatic N) is 2. The van der Waals surface area contributed by atoms with Crippen molar-refractivity contribution in [3.63, 3.8) is 0 Å². The molecule has 1 amide bonds. The molecule has 0 saturated carbocycles. The Kier molecular flexibility index (Phi) is 6.25. The smallest absolute Gasteiger partial charge is 0.410 e. The lowest BCUT2D eigenvalue weighted by Gasteiger charge is -2.22. The third-order valence-electron chi connectivity index (χ3n) is 4.44. The molecule has 1 aliphatic heterocycles. The first kappa shape index (κ1) is 20.2. The number of sulfonamides is 1. The highest BCUT2D eigenvalue weighted by Gasteiger charge is 2.32. The van der Waals surface area contributed by atoms with E-state index in [2.05, 4.69) is 0 Å². The lowest BCUT2D eigenvalue weighted by Crippen LogP contribution is -2.38. The Hall–Kier alpha value is -2.52. The average Bonchev–Trinajstić information content (AvgIpc) is 2.93. The molecule has 0 aromatic heterocycles. The highest BCUT2D eigenvalue weighted by Crippen LogP contribution is 2.23. The molecule has 1 saturated heterocycles. The second kappa shape index (κ2) is 8.66. The zero-order valence-corrected chi connectivity index (χ0v) is 15.9. The van der Waals surface area contributed by atoms with Gasteiger partial charge >= 0.3 is 6.09 Å². The van der Waals surface area contributed by atoms with Crippen LogP contribution in [0.25, 0.3) is 0 Å². The molecular weight excluding hydrogens is 390 g/mol. The van der Waals surface area contributed by atoms with Crippen LogP contribution in [0.1, 0.15) is 12.0 Å². The zero-order valence-electron chi connectivity index (χ0n) is 15.1. The van der Waals surface area contributed by atoms with Gasteiger partial charge in [0.25, 0.3) is 0 Å². The Morgan fingerprint density at radius 1 is 0.929 bits per heavy atom. The maximum Gasteiger partial charge on any atom is 0.410 e. The highest BCUT2D eigenvalue weighted by molar-refractivity contribution is 7.89. The molecule has 0 atom stereocenters. The largest absolute Gasteiger partial charge is 0.445 e. The van der Waals surface area contributed by atoms with E-state index in [1.165, 1.54) is 4.90 Å². The van der Waals surface area contributed by atoms with Gasteiger partial charge in [-0.05, 0) is 24.1 Å². The number of hydrogen-bond donors (Lipinski definition) is 0. The van der Waals surface area contributed by atoms with Gasteiger partial charge < -0.3 is 9.64 Å². The van der Waals surface area contributed by atoms with Crippen LogP contribution in [0.4, 0.5) is 13.6 Å². The van der Waals surface area contributed by atoms with Crippen molar-refractivity contribution < 1.29 is 26.7 Å². The van der Waals surface area contributed by atoms with Crippen LogP contribution in [0.5, 0.6) is 0 Å². The molecule has 2 aromatic rings. The fourth-order valence-corrected chi connectivity index (χ4v) is 4.56. The minimum Gasteiger partial charge on any atom is -0.445 e. The molecule has 2 aromatic carbocycles. The minimum atomic E-state index is -4.35. The molecule has 9 heteroatoms. The molecule has 0 spiro atoms. The number of halogens is 2. The number of hydrogen-bond acceptors (Lipinski definition) is 4. The van der Waals surface area contributed by atoms with E-state index in [1.54, 1.807) is 0 Å². The summed E-state index contributed by atoms with van der Waals surface area (Å²) in [6.07, 6.45) is -0.226. The molecule has 0 aliphatic carbocycles. The van der Waals surface area contributed by atoms with E-state index in [9.17, 15) is 22.0 Å². The quantitative estimate of drug-likeness (QED) is 0.777.